The normalized spacial score (nSPS) is 22.6. The van der Waals surface area contributed by atoms with Gasteiger partial charge in [-0.2, -0.15) is 0 Å². The van der Waals surface area contributed by atoms with Crippen LogP contribution in [0.5, 0.6) is 0 Å². The Bertz CT molecular complexity index is 730. The molecule has 0 saturated heterocycles. The first-order valence-electron chi connectivity index (χ1n) is 8.47. The van der Waals surface area contributed by atoms with Crippen LogP contribution in [0.2, 0.25) is 0 Å². The Morgan fingerprint density at radius 1 is 1.00 bits per heavy atom. The molecule has 0 atom stereocenters. The van der Waals surface area contributed by atoms with E-state index in [1.54, 1.807) is 0 Å². The van der Waals surface area contributed by atoms with E-state index in [-0.39, 0.29) is 0 Å². The molecule has 2 aromatic rings. The second-order valence-electron chi connectivity index (χ2n) is 6.92. The smallest absolute Gasteiger partial charge is 0.156 e. The summed E-state index contributed by atoms with van der Waals surface area (Å²) in [5.74, 6) is 1.46. The molecule has 0 aliphatic heterocycles. The zero-order valence-electron chi connectivity index (χ0n) is 12.4. The van der Waals surface area contributed by atoms with Gasteiger partial charge in [0, 0.05) is 18.5 Å². The zero-order valence-corrected chi connectivity index (χ0v) is 12.4. The van der Waals surface area contributed by atoms with E-state index in [1.807, 2.05) is 6.20 Å². The lowest BCUT2D eigenvalue weighted by molar-refractivity contribution is 0.438. The fraction of sp³-hybridized carbons (Fsp3) is 0.556. The Kier molecular flexibility index (Phi) is 2.52. The maximum Gasteiger partial charge on any atom is 0.156 e. The lowest BCUT2D eigenvalue weighted by Gasteiger charge is -2.19. The van der Waals surface area contributed by atoms with Gasteiger partial charge in [0.15, 0.2) is 5.65 Å². The first-order chi connectivity index (χ1) is 10.4. The van der Waals surface area contributed by atoms with Crippen LogP contribution in [-0.4, -0.2) is 14.4 Å². The van der Waals surface area contributed by atoms with E-state index in [2.05, 4.69) is 21.7 Å². The number of imidazole rings is 1. The monoisotopic (exact) mass is 279 g/mol. The largest absolute Gasteiger partial charge is 0.297 e. The van der Waals surface area contributed by atoms with Crippen molar-refractivity contribution >= 4 is 11.2 Å². The van der Waals surface area contributed by atoms with Gasteiger partial charge in [-0.05, 0) is 37.2 Å². The van der Waals surface area contributed by atoms with Crippen molar-refractivity contribution in [3.8, 4) is 0 Å². The zero-order chi connectivity index (χ0) is 13.8. The van der Waals surface area contributed by atoms with Gasteiger partial charge in [-0.25, -0.2) is 4.98 Å². The summed E-state index contributed by atoms with van der Waals surface area (Å²) in [5.41, 5.74) is 6.49. The third kappa shape index (κ3) is 1.86. The Balaban J connectivity index is 1.62. The summed E-state index contributed by atoms with van der Waals surface area (Å²) in [6.07, 6.45) is 17.1. The number of hydrogen-bond acceptors (Lipinski definition) is 2. The van der Waals surface area contributed by atoms with Crippen LogP contribution in [0.1, 0.15) is 67.9 Å². The van der Waals surface area contributed by atoms with E-state index in [4.69, 9.17) is 4.98 Å². The second-order valence-corrected chi connectivity index (χ2v) is 6.92. The number of allylic oxidation sites excluding steroid dienone is 2. The third-order valence-electron chi connectivity index (χ3n) is 5.43. The van der Waals surface area contributed by atoms with Crippen LogP contribution in [0, 0.1) is 5.92 Å². The predicted molar refractivity (Wildman–Crippen MR) is 83.2 cm³/mol. The molecule has 3 heteroatoms. The highest BCUT2D eigenvalue weighted by molar-refractivity contribution is 5.74. The van der Waals surface area contributed by atoms with E-state index in [0.29, 0.717) is 5.92 Å². The molecule has 2 heterocycles. The standard InChI is InChI=1S/C18H21N3/c1-2-4-13(5-3-1)16-11-21-17(20-16)10-19-15-9-8-14(18(15)21)12-6-7-12/h8,10-13H,1-7,9H2. The molecule has 3 aliphatic carbocycles. The summed E-state index contributed by atoms with van der Waals surface area (Å²) in [4.78, 5) is 9.57. The van der Waals surface area contributed by atoms with Crippen LogP contribution in [0.25, 0.3) is 11.2 Å². The highest BCUT2D eigenvalue weighted by atomic mass is 15.0. The molecule has 0 bridgehead atoms. The molecule has 3 nitrogen and oxygen atoms in total. The molecule has 0 unspecified atom stereocenters. The predicted octanol–water partition coefficient (Wildman–Crippen LogP) is 4.13. The molecule has 21 heavy (non-hydrogen) atoms. The first-order valence-corrected chi connectivity index (χ1v) is 8.47. The lowest BCUT2D eigenvalue weighted by Crippen LogP contribution is -2.04. The summed E-state index contributed by atoms with van der Waals surface area (Å²) in [6.45, 7) is 0. The Morgan fingerprint density at radius 2 is 1.86 bits per heavy atom. The minimum atomic E-state index is 0.670. The number of rotatable bonds is 2. The first kappa shape index (κ1) is 12.0. The number of nitrogens with zero attached hydrogens (tertiary/aromatic N) is 3. The Hall–Kier alpha value is -1.64. The fourth-order valence-electron chi connectivity index (χ4n) is 4.13. The topological polar surface area (TPSA) is 30.2 Å². The maximum atomic E-state index is 4.90. The summed E-state index contributed by atoms with van der Waals surface area (Å²) in [5, 5.41) is 0. The third-order valence-corrected chi connectivity index (χ3v) is 5.43. The molecule has 0 amide bonds. The van der Waals surface area contributed by atoms with E-state index in [1.165, 1.54) is 67.6 Å². The maximum absolute atomic E-state index is 4.90. The number of aromatic nitrogens is 3. The molecule has 3 aliphatic rings. The van der Waals surface area contributed by atoms with Crippen molar-refractivity contribution in [2.75, 3.05) is 0 Å². The molecule has 2 fully saturated rings. The van der Waals surface area contributed by atoms with Gasteiger partial charge in [-0.15, -0.1) is 0 Å². The van der Waals surface area contributed by atoms with Crippen molar-refractivity contribution in [2.45, 2.75) is 57.3 Å². The van der Waals surface area contributed by atoms with Gasteiger partial charge < -0.3 is 0 Å². The van der Waals surface area contributed by atoms with Gasteiger partial charge in [0.25, 0.3) is 0 Å². The van der Waals surface area contributed by atoms with Gasteiger partial charge in [-0.3, -0.25) is 9.38 Å². The summed E-state index contributed by atoms with van der Waals surface area (Å²) < 4.78 is 2.34. The van der Waals surface area contributed by atoms with Crippen molar-refractivity contribution < 1.29 is 0 Å². The van der Waals surface area contributed by atoms with Crippen molar-refractivity contribution in [1.82, 2.24) is 14.4 Å². The molecule has 5 rings (SSSR count). The van der Waals surface area contributed by atoms with Crippen molar-refractivity contribution in [3.63, 3.8) is 0 Å². The molecular weight excluding hydrogens is 258 g/mol. The SMILES string of the molecule is C1=C(C2CC2)c2c(ncc3nc(C4CCCCC4)cn23)C1. The molecular formula is C18H21N3. The molecule has 0 spiro atoms. The average molecular weight is 279 g/mol. The highest BCUT2D eigenvalue weighted by Crippen LogP contribution is 2.45. The van der Waals surface area contributed by atoms with Crippen LogP contribution in [-0.2, 0) is 6.42 Å². The summed E-state index contributed by atoms with van der Waals surface area (Å²) >= 11 is 0. The molecule has 0 aromatic carbocycles. The van der Waals surface area contributed by atoms with E-state index in [0.717, 1.165) is 18.0 Å². The van der Waals surface area contributed by atoms with Gasteiger partial charge >= 0.3 is 0 Å². The molecule has 108 valence electrons. The minimum absolute atomic E-state index is 0.670. The van der Waals surface area contributed by atoms with Crippen molar-refractivity contribution in [1.29, 1.82) is 0 Å². The highest BCUT2D eigenvalue weighted by Gasteiger charge is 2.33. The second kappa shape index (κ2) is 4.43. The molecule has 0 radical (unpaired) electrons. The fourth-order valence-corrected chi connectivity index (χ4v) is 4.13. The minimum Gasteiger partial charge on any atom is -0.297 e. The van der Waals surface area contributed by atoms with Crippen LogP contribution < -0.4 is 0 Å². The lowest BCUT2D eigenvalue weighted by atomic mass is 9.87. The van der Waals surface area contributed by atoms with Gasteiger partial charge in [0.1, 0.15) is 0 Å². The van der Waals surface area contributed by atoms with E-state index >= 15 is 0 Å². The average Bonchev–Trinajstić information content (AvgIpc) is 3.13. The number of fused-ring (bicyclic) bond motifs is 3. The van der Waals surface area contributed by atoms with Gasteiger partial charge in [0.2, 0.25) is 0 Å². The van der Waals surface area contributed by atoms with Crippen molar-refractivity contribution in [3.05, 3.63) is 35.6 Å². The Labute approximate surface area is 125 Å². The molecule has 2 aromatic heterocycles. The van der Waals surface area contributed by atoms with E-state index in [9.17, 15) is 0 Å². The van der Waals surface area contributed by atoms with Gasteiger partial charge in [0.05, 0.1) is 23.3 Å². The molecule has 2 saturated carbocycles. The summed E-state index contributed by atoms with van der Waals surface area (Å²) in [6, 6.07) is 0. The van der Waals surface area contributed by atoms with Crippen molar-refractivity contribution in [2.24, 2.45) is 5.92 Å². The van der Waals surface area contributed by atoms with E-state index < -0.39 is 0 Å². The number of hydrogen-bond donors (Lipinski definition) is 0. The van der Waals surface area contributed by atoms with Crippen LogP contribution >= 0.6 is 0 Å². The van der Waals surface area contributed by atoms with Gasteiger partial charge in [-0.1, -0.05) is 25.3 Å². The quantitative estimate of drug-likeness (QED) is 0.827. The molecule has 0 N–H and O–H groups in total. The van der Waals surface area contributed by atoms with Crippen LogP contribution in [0.3, 0.4) is 0 Å². The summed E-state index contributed by atoms with van der Waals surface area (Å²) in [7, 11) is 0. The Morgan fingerprint density at radius 3 is 2.67 bits per heavy atom. The van der Waals surface area contributed by atoms with Crippen LogP contribution in [0.4, 0.5) is 0 Å². The van der Waals surface area contributed by atoms with Crippen LogP contribution in [0.15, 0.2) is 18.5 Å².